The number of carbonyl (C=O) groups excluding carboxylic acids is 1. The fourth-order valence-corrected chi connectivity index (χ4v) is 3.36. The molecule has 0 unspecified atom stereocenters. The molecule has 6 nitrogen and oxygen atoms in total. The number of hydrogen-bond donors (Lipinski definition) is 1. The summed E-state index contributed by atoms with van der Waals surface area (Å²) >= 11 is 1.57. The molecule has 1 amide bonds. The van der Waals surface area contributed by atoms with Gasteiger partial charge in [0.15, 0.2) is 5.82 Å². The minimum absolute atomic E-state index is 0.0424. The van der Waals surface area contributed by atoms with Crippen LogP contribution in [-0.2, 0) is 9.53 Å². The maximum absolute atomic E-state index is 12.5. The Bertz CT molecular complexity index is 497. The van der Waals surface area contributed by atoms with E-state index in [2.05, 4.69) is 15.5 Å². The third kappa shape index (κ3) is 4.70. The molecule has 1 aliphatic heterocycles. The average Bonchev–Trinajstić information content (AvgIpc) is 3.04. The first-order valence-corrected chi connectivity index (χ1v) is 9.60. The van der Waals surface area contributed by atoms with Gasteiger partial charge in [-0.2, -0.15) is 16.7 Å². The van der Waals surface area contributed by atoms with Gasteiger partial charge in [0.2, 0.25) is 11.8 Å². The van der Waals surface area contributed by atoms with E-state index in [1.165, 1.54) is 0 Å². The Morgan fingerprint density at radius 3 is 2.61 bits per heavy atom. The van der Waals surface area contributed by atoms with Gasteiger partial charge in [0.05, 0.1) is 5.25 Å². The van der Waals surface area contributed by atoms with Crippen LogP contribution in [0.1, 0.15) is 63.7 Å². The predicted molar refractivity (Wildman–Crippen MR) is 90.4 cm³/mol. The van der Waals surface area contributed by atoms with Crippen LogP contribution in [0.25, 0.3) is 0 Å². The third-order valence-electron chi connectivity index (χ3n) is 4.22. The molecular formula is C16H27N3O3S. The van der Waals surface area contributed by atoms with Gasteiger partial charge in [-0.15, -0.1) is 0 Å². The molecule has 0 saturated carbocycles. The zero-order chi connectivity index (χ0) is 16.8. The lowest BCUT2D eigenvalue weighted by Crippen LogP contribution is -2.40. The molecule has 2 heterocycles. The number of nitrogens with zero attached hydrogens (tertiary/aromatic N) is 2. The Labute approximate surface area is 142 Å². The van der Waals surface area contributed by atoms with Gasteiger partial charge >= 0.3 is 0 Å². The molecule has 1 saturated heterocycles. The van der Waals surface area contributed by atoms with Gasteiger partial charge in [-0.1, -0.05) is 25.9 Å². The molecule has 1 aromatic heterocycles. The molecule has 1 N–H and O–H groups in total. The summed E-state index contributed by atoms with van der Waals surface area (Å²) in [5.74, 6) is 1.72. The van der Waals surface area contributed by atoms with E-state index in [1.807, 2.05) is 27.0 Å². The van der Waals surface area contributed by atoms with Gasteiger partial charge in [0, 0.05) is 19.1 Å². The molecule has 1 aliphatic rings. The maximum Gasteiger partial charge on any atom is 0.249 e. The molecule has 1 aromatic rings. The molecule has 1 fully saturated rings. The number of nitrogens with one attached hydrogen (secondary N) is 1. The number of aromatic nitrogens is 2. The highest BCUT2D eigenvalue weighted by Crippen LogP contribution is 2.30. The van der Waals surface area contributed by atoms with Crippen LogP contribution in [0.3, 0.4) is 0 Å². The highest BCUT2D eigenvalue weighted by molar-refractivity contribution is 7.99. The van der Waals surface area contributed by atoms with E-state index >= 15 is 0 Å². The second-order valence-corrected chi connectivity index (χ2v) is 7.25. The first-order chi connectivity index (χ1) is 11.1. The van der Waals surface area contributed by atoms with Crippen molar-refractivity contribution >= 4 is 17.7 Å². The summed E-state index contributed by atoms with van der Waals surface area (Å²) in [6.45, 7) is 7.49. The third-order valence-corrected chi connectivity index (χ3v) is 5.34. The molecule has 130 valence electrons. The first kappa shape index (κ1) is 18.3. The number of amides is 1. The van der Waals surface area contributed by atoms with Crippen LogP contribution in [0.15, 0.2) is 4.52 Å². The second kappa shape index (κ2) is 8.68. The van der Waals surface area contributed by atoms with E-state index in [9.17, 15) is 4.79 Å². The molecule has 0 spiro atoms. The molecule has 0 aromatic carbocycles. The molecule has 0 bridgehead atoms. The Morgan fingerprint density at radius 1 is 1.39 bits per heavy atom. The summed E-state index contributed by atoms with van der Waals surface area (Å²) in [4.78, 5) is 17.0. The molecule has 7 heteroatoms. The summed E-state index contributed by atoms with van der Waals surface area (Å²) in [5.41, 5.74) is 0. The summed E-state index contributed by atoms with van der Waals surface area (Å²) in [5, 5.41) is 7.14. The van der Waals surface area contributed by atoms with E-state index in [1.54, 1.807) is 11.8 Å². The summed E-state index contributed by atoms with van der Waals surface area (Å²) in [6, 6.07) is -0.229. The first-order valence-electron chi connectivity index (χ1n) is 8.31. The van der Waals surface area contributed by atoms with Crippen molar-refractivity contribution in [3.63, 3.8) is 0 Å². The lowest BCUT2D eigenvalue weighted by Gasteiger charge is -2.29. The van der Waals surface area contributed by atoms with E-state index in [0.717, 1.165) is 19.3 Å². The van der Waals surface area contributed by atoms with Crippen LogP contribution in [-0.4, -0.2) is 40.8 Å². The zero-order valence-corrected chi connectivity index (χ0v) is 15.2. The SMILES string of the molecule is CC[C@@H](SC)C(=O)N[C@H](c1nc(C(C)C)no1)C1CCOCC1. The zero-order valence-electron chi connectivity index (χ0n) is 14.4. The van der Waals surface area contributed by atoms with Crippen LogP contribution >= 0.6 is 11.8 Å². The van der Waals surface area contributed by atoms with Gasteiger partial charge in [-0.05, 0) is 31.4 Å². The van der Waals surface area contributed by atoms with Crippen molar-refractivity contribution < 1.29 is 14.1 Å². The number of carbonyl (C=O) groups is 1. The van der Waals surface area contributed by atoms with E-state index in [-0.39, 0.29) is 29.0 Å². The van der Waals surface area contributed by atoms with Gasteiger partial charge in [-0.25, -0.2) is 0 Å². The van der Waals surface area contributed by atoms with Crippen LogP contribution in [0.5, 0.6) is 0 Å². The van der Waals surface area contributed by atoms with Crippen molar-refractivity contribution in [3.05, 3.63) is 11.7 Å². The molecular weight excluding hydrogens is 314 g/mol. The van der Waals surface area contributed by atoms with Gasteiger partial charge in [0.1, 0.15) is 6.04 Å². The van der Waals surface area contributed by atoms with Gasteiger partial charge < -0.3 is 14.6 Å². The minimum atomic E-state index is -0.229. The number of ether oxygens (including phenoxy) is 1. The highest BCUT2D eigenvalue weighted by atomic mass is 32.2. The predicted octanol–water partition coefficient (Wildman–Crippen LogP) is 2.92. The molecule has 2 rings (SSSR count). The largest absolute Gasteiger partial charge is 0.381 e. The minimum Gasteiger partial charge on any atom is -0.381 e. The van der Waals surface area contributed by atoms with E-state index < -0.39 is 0 Å². The summed E-state index contributed by atoms with van der Waals surface area (Å²) in [6.07, 6.45) is 4.54. The van der Waals surface area contributed by atoms with Gasteiger partial charge in [0.25, 0.3) is 0 Å². The van der Waals surface area contributed by atoms with E-state index in [0.29, 0.717) is 24.9 Å². The standard InChI is InChI=1S/C16H27N3O3S/c1-5-12(23-4)15(20)17-13(11-6-8-21-9-7-11)16-18-14(10(2)3)19-22-16/h10-13H,5-9H2,1-4H3,(H,17,20)/t12-,13+/m1/s1. The van der Waals surface area contributed by atoms with Crippen molar-refractivity contribution in [2.45, 2.75) is 57.2 Å². The second-order valence-electron chi connectivity index (χ2n) is 6.21. The smallest absolute Gasteiger partial charge is 0.249 e. The maximum atomic E-state index is 12.5. The highest BCUT2D eigenvalue weighted by Gasteiger charge is 2.33. The van der Waals surface area contributed by atoms with Crippen molar-refractivity contribution in [1.29, 1.82) is 0 Å². The number of rotatable bonds is 7. The topological polar surface area (TPSA) is 77.3 Å². The Kier molecular flexibility index (Phi) is 6.89. The Balaban J connectivity index is 2.18. The fraction of sp³-hybridized carbons (Fsp3) is 0.812. The van der Waals surface area contributed by atoms with Crippen molar-refractivity contribution in [1.82, 2.24) is 15.5 Å². The van der Waals surface area contributed by atoms with Crippen molar-refractivity contribution in [3.8, 4) is 0 Å². The van der Waals surface area contributed by atoms with E-state index in [4.69, 9.17) is 9.26 Å². The molecule has 0 radical (unpaired) electrons. The fourth-order valence-electron chi connectivity index (χ4n) is 2.74. The molecule has 2 atom stereocenters. The van der Waals surface area contributed by atoms with Crippen LogP contribution in [0, 0.1) is 5.92 Å². The van der Waals surface area contributed by atoms with Gasteiger partial charge in [-0.3, -0.25) is 4.79 Å². The quantitative estimate of drug-likeness (QED) is 0.821. The normalized spacial score (nSPS) is 18.8. The summed E-state index contributed by atoms with van der Waals surface area (Å²) < 4.78 is 10.9. The molecule has 23 heavy (non-hydrogen) atoms. The molecule has 0 aliphatic carbocycles. The lowest BCUT2D eigenvalue weighted by atomic mass is 9.91. The monoisotopic (exact) mass is 341 g/mol. The lowest BCUT2D eigenvalue weighted by molar-refractivity contribution is -0.122. The van der Waals surface area contributed by atoms with Crippen LogP contribution < -0.4 is 5.32 Å². The van der Waals surface area contributed by atoms with Crippen molar-refractivity contribution in [2.75, 3.05) is 19.5 Å². The van der Waals surface area contributed by atoms with Crippen LogP contribution in [0.4, 0.5) is 0 Å². The number of thioether (sulfide) groups is 1. The Hall–Kier alpha value is -1.08. The van der Waals surface area contributed by atoms with Crippen LogP contribution in [0.2, 0.25) is 0 Å². The van der Waals surface area contributed by atoms with Crippen molar-refractivity contribution in [2.24, 2.45) is 5.92 Å². The average molecular weight is 341 g/mol. The summed E-state index contributed by atoms with van der Waals surface area (Å²) in [7, 11) is 0. The number of hydrogen-bond acceptors (Lipinski definition) is 6. The Morgan fingerprint density at radius 2 is 2.09 bits per heavy atom.